The largest absolute Gasteiger partial charge is 0.455 e. The van der Waals surface area contributed by atoms with Gasteiger partial charge in [0.05, 0.1) is 11.3 Å². The van der Waals surface area contributed by atoms with Gasteiger partial charge in [0, 0.05) is 18.8 Å². The normalized spacial score (nSPS) is 16.5. The Morgan fingerprint density at radius 1 is 1.16 bits per heavy atom. The Hall–Kier alpha value is -3.19. The van der Waals surface area contributed by atoms with E-state index in [4.69, 9.17) is 0 Å². The average Bonchev–Trinajstić information content (AvgIpc) is 3.01. The van der Waals surface area contributed by atoms with Crippen molar-refractivity contribution in [1.82, 2.24) is 19.6 Å². The van der Waals surface area contributed by atoms with Gasteiger partial charge in [0.25, 0.3) is 6.01 Å². The van der Waals surface area contributed by atoms with Crippen LogP contribution in [0.5, 0.6) is 6.01 Å². The first-order valence-electron chi connectivity index (χ1n) is 8.60. The second-order valence-corrected chi connectivity index (χ2v) is 6.96. The lowest BCUT2D eigenvalue weighted by atomic mass is 9.77. The first-order chi connectivity index (χ1) is 14.3. The minimum atomic E-state index is -4.76. The molecule has 4 rings (SSSR count). The molecule has 2 aromatic heterocycles. The predicted molar refractivity (Wildman–Crippen MR) is 87.4 cm³/mol. The van der Waals surface area contributed by atoms with Crippen molar-refractivity contribution in [1.29, 1.82) is 0 Å². The molecular formula is C17H10F8N4O2. The summed E-state index contributed by atoms with van der Waals surface area (Å²) in [7, 11) is 0. The fourth-order valence-corrected chi connectivity index (χ4v) is 3.27. The lowest BCUT2D eigenvalue weighted by Crippen LogP contribution is -2.34. The molecule has 0 aliphatic heterocycles. The van der Waals surface area contributed by atoms with E-state index in [0.717, 1.165) is 0 Å². The summed E-state index contributed by atoms with van der Waals surface area (Å²) in [5.74, 6) is -8.99. The molecule has 14 heteroatoms. The van der Waals surface area contributed by atoms with Crippen LogP contribution >= 0.6 is 0 Å². The van der Waals surface area contributed by atoms with E-state index in [1.165, 1.54) is 0 Å². The third kappa shape index (κ3) is 3.93. The zero-order valence-corrected chi connectivity index (χ0v) is 15.0. The Labute approximate surface area is 166 Å². The topological polar surface area (TPSA) is 72.3 Å². The highest BCUT2D eigenvalue weighted by atomic mass is 19.4. The third-order valence-electron chi connectivity index (χ3n) is 4.62. The summed E-state index contributed by atoms with van der Waals surface area (Å²) < 4.78 is 110. The Kier molecular flexibility index (Phi) is 4.70. The van der Waals surface area contributed by atoms with Gasteiger partial charge in [0.15, 0.2) is 29.7 Å². The maximum Gasteiger partial charge on any atom is 0.422 e. The molecule has 2 heterocycles. The molecule has 0 atom stereocenters. The van der Waals surface area contributed by atoms with Crippen LogP contribution in [0.2, 0.25) is 0 Å². The van der Waals surface area contributed by atoms with E-state index < -0.39 is 77.8 Å². The van der Waals surface area contributed by atoms with Crippen molar-refractivity contribution < 1.29 is 39.9 Å². The molecule has 6 nitrogen and oxygen atoms in total. The van der Waals surface area contributed by atoms with Gasteiger partial charge in [-0.15, -0.1) is 0 Å². The Morgan fingerprint density at radius 2 is 1.77 bits per heavy atom. The second-order valence-electron chi connectivity index (χ2n) is 6.96. The molecular weight excluding hydrogens is 444 g/mol. The lowest BCUT2D eigenvalue weighted by Gasteiger charge is -2.34. The highest BCUT2D eigenvalue weighted by molar-refractivity contribution is 5.80. The number of H-pyrrole nitrogens is 1. The minimum Gasteiger partial charge on any atom is -0.455 e. The summed E-state index contributed by atoms with van der Waals surface area (Å²) in [4.78, 5) is 17.8. The molecule has 1 aliphatic rings. The molecule has 1 aliphatic carbocycles. The van der Waals surface area contributed by atoms with Gasteiger partial charge in [-0.05, 0) is 17.7 Å². The number of ether oxygens (including phenoxy) is 1. The fraction of sp³-hybridized carbons (Fsp3) is 0.353. The number of rotatable bonds is 4. The van der Waals surface area contributed by atoms with E-state index in [0.29, 0.717) is 16.6 Å². The fourth-order valence-electron chi connectivity index (χ4n) is 3.27. The number of benzene rings is 1. The van der Waals surface area contributed by atoms with E-state index in [1.807, 2.05) is 4.98 Å². The first kappa shape index (κ1) is 21.1. The van der Waals surface area contributed by atoms with Gasteiger partial charge in [-0.1, -0.05) is 0 Å². The number of halogens is 8. The van der Waals surface area contributed by atoms with Gasteiger partial charge in [-0.2, -0.15) is 27.8 Å². The highest BCUT2D eigenvalue weighted by Gasteiger charge is 2.48. The summed E-state index contributed by atoms with van der Waals surface area (Å²) in [5, 5.41) is 3.87. The highest BCUT2D eigenvalue weighted by Crippen LogP contribution is 2.50. The quantitative estimate of drug-likeness (QED) is 0.479. The van der Waals surface area contributed by atoms with Crippen molar-refractivity contribution in [2.24, 2.45) is 0 Å². The van der Waals surface area contributed by atoms with Crippen LogP contribution < -0.4 is 10.4 Å². The van der Waals surface area contributed by atoms with Gasteiger partial charge in [-0.3, -0.25) is 4.98 Å². The number of aromatic amines is 1. The monoisotopic (exact) mass is 454 g/mol. The molecule has 0 saturated heterocycles. The molecule has 0 spiro atoms. The van der Waals surface area contributed by atoms with Crippen molar-refractivity contribution in [3.63, 3.8) is 0 Å². The first-order valence-corrected chi connectivity index (χ1v) is 8.60. The summed E-state index contributed by atoms with van der Waals surface area (Å²) in [6.45, 7) is -1.81. The third-order valence-corrected chi connectivity index (χ3v) is 4.62. The van der Waals surface area contributed by atoms with Crippen LogP contribution in [0.4, 0.5) is 35.1 Å². The maximum atomic E-state index is 13.8. The number of nitrogens with one attached hydrogen (secondary N) is 1. The molecule has 1 N–H and O–H groups in total. The molecule has 1 saturated carbocycles. The van der Waals surface area contributed by atoms with Crippen LogP contribution in [0.1, 0.15) is 24.5 Å². The van der Waals surface area contributed by atoms with Crippen LogP contribution in [-0.2, 0) is 0 Å². The molecule has 0 radical (unpaired) electrons. The number of nitrogens with zero attached hydrogens (tertiary/aromatic N) is 3. The van der Waals surface area contributed by atoms with Crippen LogP contribution in [-0.4, -0.2) is 38.3 Å². The Morgan fingerprint density at radius 3 is 2.32 bits per heavy atom. The molecule has 1 fully saturated rings. The van der Waals surface area contributed by atoms with Crippen LogP contribution in [0.3, 0.4) is 0 Å². The Bertz CT molecular complexity index is 1200. The van der Waals surface area contributed by atoms with Crippen molar-refractivity contribution in [2.75, 3.05) is 6.61 Å². The van der Waals surface area contributed by atoms with Crippen molar-refractivity contribution >= 4 is 5.65 Å². The van der Waals surface area contributed by atoms with Crippen molar-refractivity contribution in [3.8, 4) is 17.1 Å². The number of alkyl halides is 5. The van der Waals surface area contributed by atoms with E-state index in [9.17, 15) is 39.9 Å². The molecule has 0 bridgehead atoms. The van der Waals surface area contributed by atoms with Crippen LogP contribution in [0.25, 0.3) is 16.8 Å². The summed E-state index contributed by atoms with van der Waals surface area (Å²) in [6, 6.07) is 0.188. The van der Waals surface area contributed by atoms with Crippen LogP contribution in [0, 0.1) is 17.5 Å². The number of fused-ring (bicyclic) bond motifs is 1. The van der Waals surface area contributed by atoms with Gasteiger partial charge < -0.3 is 4.74 Å². The van der Waals surface area contributed by atoms with Crippen molar-refractivity contribution in [2.45, 2.75) is 30.9 Å². The van der Waals surface area contributed by atoms with Gasteiger partial charge in [-0.25, -0.2) is 26.7 Å². The number of hydrogen-bond acceptors (Lipinski definition) is 4. The zero-order valence-electron chi connectivity index (χ0n) is 15.0. The van der Waals surface area contributed by atoms with E-state index in [2.05, 4.69) is 14.8 Å². The SMILES string of the molecule is O=c1[nH]c(OCC(F)(F)F)nc2c(-c3cc(F)c(F)c(F)c3)c(C3CC(F)(F)C3)nn12. The predicted octanol–water partition coefficient (Wildman–Crippen LogP) is 3.96. The summed E-state index contributed by atoms with van der Waals surface area (Å²) in [5.41, 5.74) is -2.53. The summed E-state index contributed by atoms with van der Waals surface area (Å²) in [6.07, 6.45) is -6.14. The van der Waals surface area contributed by atoms with Gasteiger partial charge >= 0.3 is 11.9 Å². The standard InChI is InChI=1S/C17H10F8N4O2/c18-8-1-6(2-9(19)11(8)20)10-12(7-3-16(21,22)4-7)28-29-13(10)26-14(27-15(29)30)31-5-17(23,24)25/h1-2,7H,3-5H2,(H,26,27,30). The van der Waals surface area contributed by atoms with E-state index in [1.54, 1.807) is 0 Å². The smallest absolute Gasteiger partial charge is 0.422 e. The lowest BCUT2D eigenvalue weighted by molar-refractivity contribution is -0.154. The molecule has 31 heavy (non-hydrogen) atoms. The molecule has 3 aromatic rings. The number of aromatic nitrogens is 4. The second kappa shape index (κ2) is 6.92. The average molecular weight is 454 g/mol. The number of hydrogen-bond donors (Lipinski definition) is 1. The molecule has 0 amide bonds. The van der Waals surface area contributed by atoms with Crippen LogP contribution in [0.15, 0.2) is 16.9 Å². The molecule has 0 unspecified atom stereocenters. The minimum absolute atomic E-state index is 0.192. The van der Waals surface area contributed by atoms with Gasteiger partial charge in [0.2, 0.25) is 5.92 Å². The van der Waals surface area contributed by atoms with E-state index in [-0.39, 0.29) is 11.3 Å². The van der Waals surface area contributed by atoms with Gasteiger partial charge in [0.1, 0.15) is 0 Å². The zero-order chi connectivity index (χ0) is 22.7. The maximum absolute atomic E-state index is 13.8. The Balaban J connectivity index is 1.91. The van der Waals surface area contributed by atoms with Crippen molar-refractivity contribution in [3.05, 3.63) is 45.8 Å². The summed E-state index contributed by atoms with van der Waals surface area (Å²) >= 11 is 0. The van der Waals surface area contributed by atoms with E-state index >= 15 is 0 Å². The molecule has 1 aromatic carbocycles. The molecule has 166 valence electrons.